The van der Waals surface area contributed by atoms with Gasteiger partial charge in [0.25, 0.3) is 0 Å². The molecular weight excluding hydrogens is 310 g/mol. The van der Waals surface area contributed by atoms with Crippen LogP contribution in [0.15, 0.2) is 42.5 Å². The van der Waals surface area contributed by atoms with Gasteiger partial charge in [-0.25, -0.2) is 8.93 Å². The van der Waals surface area contributed by atoms with Crippen molar-refractivity contribution in [2.45, 2.75) is 38.0 Å². The first-order chi connectivity index (χ1) is 10.8. The van der Waals surface area contributed by atoms with E-state index < -0.39 is 15.7 Å². The molecule has 0 aliphatic carbocycles. The van der Waals surface area contributed by atoms with Crippen molar-refractivity contribution < 1.29 is 13.7 Å². The van der Waals surface area contributed by atoms with Gasteiger partial charge in [-0.3, -0.25) is 4.79 Å². The molecule has 0 bridgehead atoms. The van der Waals surface area contributed by atoms with Gasteiger partial charge in [-0.2, -0.15) is 0 Å². The second kappa shape index (κ2) is 7.23. The van der Waals surface area contributed by atoms with Crippen LogP contribution in [0.5, 0.6) is 0 Å². The number of hydrogen-bond donors (Lipinski definition) is 1. The Balaban J connectivity index is 2.43. The SMILES string of the molecule is COC(=O)CC(NS(=O)C(C)(C)C)c1cccc2ccccc12. The lowest BCUT2D eigenvalue weighted by Gasteiger charge is -2.25. The topological polar surface area (TPSA) is 55.4 Å². The summed E-state index contributed by atoms with van der Waals surface area (Å²) in [7, 11) is 0.0773. The Morgan fingerprint density at radius 3 is 2.48 bits per heavy atom. The molecule has 2 aromatic carbocycles. The van der Waals surface area contributed by atoms with E-state index in [2.05, 4.69) is 4.72 Å². The molecule has 0 spiro atoms. The molecule has 23 heavy (non-hydrogen) atoms. The molecule has 0 heterocycles. The van der Waals surface area contributed by atoms with Crippen LogP contribution in [0, 0.1) is 0 Å². The summed E-state index contributed by atoms with van der Waals surface area (Å²) in [5.74, 6) is -0.332. The van der Waals surface area contributed by atoms with Gasteiger partial charge in [-0.05, 0) is 37.1 Å². The fraction of sp³-hybridized carbons (Fsp3) is 0.389. The van der Waals surface area contributed by atoms with Crippen molar-refractivity contribution in [2.75, 3.05) is 7.11 Å². The predicted molar refractivity (Wildman–Crippen MR) is 94.4 cm³/mol. The molecule has 2 unspecified atom stereocenters. The van der Waals surface area contributed by atoms with Crippen LogP contribution in [0.2, 0.25) is 0 Å². The monoisotopic (exact) mass is 333 g/mol. The third kappa shape index (κ3) is 4.39. The van der Waals surface area contributed by atoms with Gasteiger partial charge in [0, 0.05) is 0 Å². The molecule has 2 aromatic rings. The van der Waals surface area contributed by atoms with E-state index in [-0.39, 0.29) is 18.4 Å². The van der Waals surface area contributed by atoms with Crippen LogP contribution < -0.4 is 4.72 Å². The summed E-state index contributed by atoms with van der Waals surface area (Å²) in [5.41, 5.74) is 0.950. The van der Waals surface area contributed by atoms with E-state index in [0.29, 0.717) is 0 Å². The summed E-state index contributed by atoms with van der Waals surface area (Å²) in [4.78, 5) is 11.8. The first kappa shape index (κ1) is 17.6. The number of carbonyl (C=O) groups is 1. The number of esters is 1. The first-order valence-corrected chi connectivity index (χ1v) is 8.70. The Morgan fingerprint density at radius 2 is 1.83 bits per heavy atom. The zero-order valence-corrected chi connectivity index (χ0v) is 14.8. The van der Waals surface area contributed by atoms with E-state index >= 15 is 0 Å². The van der Waals surface area contributed by atoms with Gasteiger partial charge in [0.2, 0.25) is 0 Å². The smallest absolute Gasteiger partial charge is 0.307 e. The largest absolute Gasteiger partial charge is 0.469 e. The van der Waals surface area contributed by atoms with Gasteiger partial charge in [0.1, 0.15) is 0 Å². The van der Waals surface area contributed by atoms with Gasteiger partial charge in [0.15, 0.2) is 0 Å². The van der Waals surface area contributed by atoms with Crippen LogP contribution in [0.3, 0.4) is 0 Å². The molecule has 0 amide bonds. The minimum Gasteiger partial charge on any atom is -0.469 e. The van der Waals surface area contributed by atoms with Crippen molar-refractivity contribution in [1.29, 1.82) is 0 Å². The number of fused-ring (bicyclic) bond motifs is 1. The maximum absolute atomic E-state index is 12.5. The molecule has 124 valence electrons. The van der Waals surface area contributed by atoms with Crippen molar-refractivity contribution in [3.8, 4) is 0 Å². The molecule has 0 saturated heterocycles. The van der Waals surface area contributed by atoms with E-state index in [1.54, 1.807) is 0 Å². The van der Waals surface area contributed by atoms with E-state index in [1.807, 2.05) is 63.2 Å². The highest BCUT2D eigenvalue weighted by atomic mass is 32.2. The number of benzene rings is 2. The number of nitrogens with one attached hydrogen (secondary N) is 1. The zero-order valence-electron chi connectivity index (χ0n) is 14.0. The third-order valence-corrected chi connectivity index (χ3v) is 5.21. The van der Waals surface area contributed by atoms with Gasteiger partial charge >= 0.3 is 5.97 Å². The molecule has 0 aliphatic heterocycles. The predicted octanol–water partition coefficient (Wildman–Crippen LogP) is 3.50. The lowest BCUT2D eigenvalue weighted by atomic mass is 9.97. The second-order valence-corrected chi connectivity index (χ2v) is 8.40. The fourth-order valence-corrected chi connectivity index (χ4v) is 3.15. The van der Waals surface area contributed by atoms with Crippen molar-refractivity contribution in [3.05, 3.63) is 48.0 Å². The number of hydrogen-bond acceptors (Lipinski definition) is 3. The van der Waals surface area contributed by atoms with E-state index in [0.717, 1.165) is 16.3 Å². The normalized spacial score (nSPS) is 14.4. The number of rotatable bonds is 5. The van der Waals surface area contributed by atoms with Crippen molar-refractivity contribution >= 4 is 27.7 Å². The van der Waals surface area contributed by atoms with E-state index in [4.69, 9.17) is 4.74 Å². The summed E-state index contributed by atoms with van der Waals surface area (Å²) in [6.07, 6.45) is 0.131. The summed E-state index contributed by atoms with van der Waals surface area (Å²) in [6.45, 7) is 5.69. The molecule has 1 N–H and O–H groups in total. The molecule has 0 saturated carbocycles. The van der Waals surface area contributed by atoms with Crippen LogP contribution in [-0.2, 0) is 20.5 Å². The highest BCUT2D eigenvalue weighted by molar-refractivity contribution is 7.84. The van der Waals surface area contributed by atoms with Crippen LogP contribution in [0.1, 0.15) is 38.8 Å². The molecule has 0 aromatic heterocycles. The van der Waals surface area contributed by atoms with E-state index in [9.17, 15) is 9.00 Å². The Kier molecular flexibility index (Phi) is 5.55. The maximum atomic E-state index is 12.5. The minimum atomic E-state index is -1.29. The van der Waals surface area contributed by atoms with Crippen LogP contribution in [-0.4, -0.2) is 22.0 Å². The highest BCUT2D eigenvalue weighted by Crippen LogP contribution is 2.28. The average Bonchev–Trinajstić information content (AvgIpc) is 2.52. The first-order valence-electron chi connectivity index (χ1n) is 7.55. The molecule has 4 nitrogen and oxygen atoms in total. The van der Waals surface area contributed by atoms with Crippen LogP contribution in [0.25, 0.3) is 10.8 Å². The molecule has 2 atom stereocenters. The Hall–Kier alpha value is -1.72. The number of carbonyl (C=O) groups excluding carboxylic acids is 1. The molecule has 2 rings (SSSR count). The summed E-state index contributed by atoms with van der Waals surface area (Å²) >= 11 is 0. The second-order valence-electron chi connectivity index (χ2n) is 6.40. The molecule has 0 aliphatic rings. The van der Waals surface area contributed by atoms with Gasteiger partial charge in [-0.15, -0.1) is 0 Å². The standard InChI is InChI=1S/C18H23NO3S/c1-18(2,3)23(21)19-16(12-17(20)22-4)15-11-7-9-13-8-5-6-10-14(13)15/h5-11,16,19H,12H2,1-4H3. The van der Waals surface area contributed by atoms with Gasteiger partial charge in [-0.1, -0.05) is 42.5 Å². The van der Waals surface area contributed by atoms with Gasteiger partial charge in [0.05, 0.1) is 35.3 Å². The molecule has 0 radical (unpaired) electrons. The molecule has 0 fully saturated rings. The minimum absolute atomic E-state index is 0.131. The third-order valence-electron chi connectivity index (χ3n) is 3.60. The van der Waals surface area contributed by atoms with Gasteiger partial charge < -0.3 is 4.74 Å². The fourth-order valence-electron chi connectivity index (χ4n) is 2.33. The maximum Gasteiger partial charge on any atom is 0.307 e. The van der Waals surface area contributed by atoms with Crippen molar-refractivity contribution in [1.82, 2.24) is 4.72 Å². The zero-order chi connectivity index (χ0) is 17.0. The molecular formula is C18H23NO3S. The number of ether oxygens (including phenoxy) is 1. The molecule has 5 heteroatoms. The van der Waals surface area contributed by atoms with Crippen LogP contribution in [0.4, 0.5) is 0 Å². The van der Waals surface area contributed by atoms with Crippen LogP contribution >= 0.6 is 0 Å². The summed E-state index contributed by atoms with van der Waals surface area (Å²) < 4.78 is 20.0. The highest BCUT2D eigenvalue weighted by Gasteiger charge is 2.26. The van der Waals surface area contributed by atoms with Crippen molar-refractivity contribution in [3.63, 3.8) is 0 Å². The summed E-state index contributed by atoms with van der Waals surface area (Å²) in [6, 6.07) is 13.5. The van der Waals surface area contributed by atoms with Crippen molar-refractivity contribution in [2.24, 2.45) is 0 Å². The number of methoxy groups -OCH3 is 1. The summed E-state index contributed by atoms with van der Waals surface area (Å²) in [5, 5.41) is 2.13. The quantitative estimate of drug-likeness (QED) is 0.852. The average molecular weight is 333 g/mol. The lowest BCUT2D eigenvalue weighted by molar-refractivity contribution is -0.141. The Morgan fingerprint density at radius 1 is 1.17 bits per heavy atom. The van der Waals surface area contributed by atoms with E-state index in [1.165, 1.54) is 7.11 Å². The lowest BCUT2D eigenvalue weighted by Crippen LogP contribution is -2.36. The Bertz CT molecular complexity index is 716. The Labute approximate surface area is 139 Å².